The third kappa shape index (κ3) is 5.01. The van der Waals surface area contributed by atoms with Gasteiger partial charge in [0.2, 0.25) is 0 Å². The predicted molar refractivity (Wildman–Crippen MR) is 155 cm³/mol. The monoisotopic (exact) mass is 507 g/mol. The van der Waals surface area contributed by atoms with Crippen LogP contribution in [0.5, 0.6) is 0 Å². The van der Waals surface area contributed by atoms with Crippen LogP contribution in [0.1, 0.15) is 24.8 Å². The molecule has 1 saturated heterocycles. The molecule has 6 rings (SSSR count). The summed E-state index contributed by atoms with van der Waals surface area (Å²) in [6.45, 7) is 6.23. The molecule has 1 saturated carbocycles. The van der Waals surface area contributed by atoms with E-state index in [2.05, 4.69) is 77.3 Å². The number of hydrogen-bond donors (Lipinski definition) is 1. The van der Waals surface area contributed by atoms with Crippen LogP contribution in [-0.2, 0) is 5.54 Å². The number of pyridine rings is 1. The van der Waals surface area contributed by atoms with E-state index in [9.17, 15) is 0 Å². The quantitative estimate of drug-likeness (QED) is 0.398. The standard InChI is InChI=1S/C31H37N7/c1-36(2)17-18-37-19-21-38(22-20-37)27-14-13-26-30(34-27)35-29(28(33-26)23-7-4-3-5-8-23)24-9-11-25(12-10-24)31(32)15-6-16-31/h3-5,7-14H,6,15-22,32H2,1-2H3. The van der Waals surface area contributed by atoms with Crippen molar-refractivity contribution in [1.82, 2.24) is 24.8 Å². The highest BCUT2D eigenvalue weighted by molar-refractivity contribution is 5.85. The number of aromatic nitrogens is 3. The maximum Gasteiger partial charge on any atom is 0.180 e. The molecular formula is C31H37N7. The van der Waals surface area contributed by atoms with Crippen LogP contribution in [0.15, 0.2) is 66.7 Å². The largest absolute Gasteiger partial charge is 0.354 e. The van der Waals surface area contributed by atoms with Gasteiger partial charge in [-0.1, -0.05) is 54.6 Å². The molecule has 0 unspecified atom stereocenters. The van der Waals surface area contributed by atoms with Gasteiger partial charge in [0, 0.05) is 55.9 Å². The summed E-state index contributed by atoms with van der Waals surface area (Å²) in [4.78, 5) is 22.3. The highest BCUT2D eigenvalue weighted by Gasteiger charge is 2.34. The molecule has 2 aliphatic rings. The molecule has 4 aromatic rings. The van der Waals surface area contributed by atoms with E-state index in [1.807, 2.05) is 18.2 Å². The average Bonchev–Trinajstić information content (AvgIpc) is 2.94. The van der Waals surface area contributed by atoms with Crippen LogP contribution >= 0.6 is 0 Å². The van der Waals surface area contributed by atoms with Crippen molar-refractivity contribution in [2.45, 2.75) is 24.8 Å². The minimum atomic E-state index is -0.178. The minimum Gasteiger partial charge on any atom is -0.354 e. The van der Waals surface area contributed by atoms with E-state index in [4.69, 9.17) is 20.7 Å². The lowest BCUT2D eigenvalue weighted by molar-refractivity contribution is 0.229. The van der Waals surface area contributed by atoms with Gasteiger partial charge in [0.15, 0.2) is 5.65 Å². The SMILES string of the molecule is CN(C)CCN1CCN(c2ccc3nc(-c4ccccc4)c(-c4ccc(C5(N)CCC5)cc4)nc3n2)CC1. The molecule has 2 N–H and O–H groups in total. The van der Waals surface area contributed by atoms with E-state index in [0.717, 1.165) is 86.0 Å². The molecule has 2 fully saturated rings. The number of nitrogens with two attached hydrogens (primary N) is 1. The fourth-order valence-electron chi connectivity index (χ4n) is 5.46. The summed E-state index contributed by atoms with van der Waals surface area (Å²) in [5.74, 6) is 0.975. The molecule has 7 nitrogen and oxygen atoms in total. The average molecular weight is 508 g/mol. The Morgan fingerprint density at radius 1 is 0.789 bits per heavy atom. The molecule has 196 valence electrons. The number of rotatable bonds is 7. The minimum absolute atomic E-state index is 0.178. The van der Waals surface area contributed by atoms with Crippen molar-refractivity contribution in [2.24, 2.45) is 5.73 Å². The van der Waals surface area contributed by atoms with E-state index in [1.54, 1.807) is 0 Å². The molecule has 1 aliphatic heterocycles. The molecule has 3 heterocycles. The first-order valence-electron chi connectivity index (χ1n) is 13.7. The molecular weight excluding hydrogens is 470 g/mol. The van der Waals surface area contributed by atoms with Crippen molar-refractivity contribution in [1.29, 1.82) is 0 Å². The molecule has 0 spiro atoms. The maximum atomic E-state index is 6.59. The van der Waals surface area contributed by atoms with Gasteiger partial charge in [-0.2, -0.15) is 0 Å². The van der Waals surface area contributed by atoms with E-state index >= 15 is 0 Å². The molecule has 0 atom stereocenters. The maximum absolute atomic E-state index is 6.59. The van der Waals surface area contributed by atoms with E-state index in [-0.39, 0.29) is 5.54 Å². The number of hydrogen-bond acceptors (Lipinski definition) is 7. The normalized spacial score (nSPS) is 17.6. The zero-order chi connectivity index (χ0) is 26.1. The van der Waals surface area contributed by atoms with Crippen LogP contribution in [0.4, 0.5) is 5.82 Å². The molecule has 2 aromatic carbocycles. The first-order chi connectivity index (χ1) is 18.5. The fourth-order valence-corrected chi connectivity index (χ4v) is 5.46. The summed E-state index contributed by atoms with van der Waals surface area (Å²) in [7, 11) is 4.26. The molecule has 7 heteroatoms. The number of likely N-dealkylation sites (N-methyl/N-ethyl adjacent to an activating group) is 1. The lowest BCUT2D eigenvalue weighted by Gasteiger charge is -2.38. The Hall–Kier alpha value is -3.39. The summed E-state index contributed by atoms with van der Waals surface area (Å²) in [5, 5.41) is 0. The highest BCUT2D eigenvalue weighted by Crippen LogP contribution is 2.39. The van der Waals surface area contributed by atoms with Crippen LogP contribution in [-0.4, -0.2) is 78.1 Å². The first-order valence-corrected chi connectivity index (χ1v) is 13.7. The van der Waals surface area contributed by atoms with Crippen LogP contribution in [0, 0.1) is 0 Å². The van der Waals surface area contributed by atoms with Crippen LogP contribution in [0.25, 0.3) is 33.7 Å². The number of piperazine rings is 1. The third-order valence-electron chi connectivity index (χ3n) is 8.10. The Labute approximate surface area is 225 Å². The van der Waals surface area contributed by atoms with Gasteiger partial charge in [-0.25, -0.2) is 15.0 Å². The van der Waals surface area contributed by atoms with Gasteiger partial charge in [-0.3, -0.25) is 4.90 Å². The van der Waals surface area contributed by atoms with Crippen molar-refractivity contribution in [2.75, 3.05) is 58.3 Å². The summed E-state index contributed by atoms with van der Waals surface area (Å²) >= 11 is 0. The van der Waals surface area contributed by atoms with E-state index in [1.165, 1.54) is 12.0 Å². The number of fused-ring (bicyclic) bond motifs is 1. The second-order valence-corrected chi connectivity index (χ2v) is 11.0. The van der Waals surface area contributed by atoms with Crippen molar-refractivity contribution in [3.05, 3.63) is 72.3 Å². The Morgan fingerprint density at radius 2 is 1.47 bits per heavy atom. The zero-order valence-electron chi connectivity index (χ0n) is 22.5. The summed E-state index contributed by atoms with van der Waals surface area (Å²) in [5.41, 5.74) is 12.9. The number of anilines is 1. The first kappa shape index (κ1) is 24.9. The molecule has 0 bridgehead atoms. The second kappa shape index (κ2) is 10.4. The lowest BCUT2D eigenvalue weighted by Crippen LogP contribution is -2.48. The van der Waals surface area contributed by atoms with Crippen molar-refractivity contribution < 1.29 is 0 Å². The molecule has 0 amide bonds. The van der Waals surface area contributed by atoms with Crippen LogP contribution in [0.3, 0.4) is 0 Å². The van der Waals surface area contributed by atoms with Gasteiger partial charge in [0.05, 0.1) is 11.4 Å². The van der Waals surface area contributed by atoms with Crippen molar-refractivity contribution >= 4 is 17.0 Å². The molecule has 2 aromatic heterocycles. The molecule has 0 radical (unpaired) electrons. The predicted octanol–water partition coefficient (Wildman–Crippen LogP) is 4.38. The Bertz CT molecular complexity index is 1390. The highest BCUT2D eigenvalue weighted by atomic mass is 15.3. The third-order valence-corrected chi connectivity index (χ3v) is 8.10. The number of nitrogens with zero attached hydrogens (tertiary/aromatic N) is 6. The summed E-state index contributed by atoms with van der Waals surface area (Å²) < 4.78 is 0. The smallest absolute Gasteiger partial charge is 0.180 e. The lowest BCUT2D eigenvalue weighted by atomic mass is 9.72. The Kier molecular flexibility index (Phi) is 6.82. The van der Waals surface area contributed by atoms with Gasteiger partial charge < -0.3 is 15.5 Å². The summed E-state index contributed by atoms with van der Waals surface area (Å²) in [6, 6.07) is 23.1. The van der Waals surface area contributed by atoms with Crippen LogP contribution in [0.2, 0.25) is 0 Å². The van der Waals surface area contributed by atoms with Gasteiger partial charge in [-0.05, 0) is 51.1 Å². The fraction of sp³-hybridized carbons (Fsp3) is 0.387. The second-order valence-electron chi connectivity index (χ2n) is 11.0. The molecule has 38 heavy (non-hydrogen) atoms. The zero-order valence-corrected chi connectivity index (χ0v) is 22.5. The van der Waals surface area contributed by atoms with Gasteiger partial charge in [0.25, 0.3) is 0 Å². The van der Waals surface area contributed by atoms with Gasteiger partial charge >= 0.3 is 0 Å². The van der Waals surface area contributed by atoms with Crippen LogP contribution < -0.4 is 10.6 Å². The molecule has 1 aliphatic carbocycles. The Balaban J connectivity index is 1.32. The van der Waals surface area contributed by atoms with Crippen molar-refractivity contribution in [3.63, 3.8) is 0 Å². The number of benzene rings is 2. The van der Waals surface area contributed by atoms with Gasteiger partial charge in [0.1, 0.15) is 11.3 Å². The topological polar surface area (TPSA) is 74.4 Å². The van der Waals surface area contributed by atoms with E-state index in [0.29, 0.717) is 5.65 Å². The van der Waals surface area contributed by atoms with E-state index < -0.39 is 0 Å². The Morgan fingerprint density at radius 3 is 2.13 bits per heavy atom. The summed E-state index contributed by atoms with van der Waals surface area (Å²) in [6.07, 6.45) is 3.30. The van der Waals surface area contributed by atoms with Crippen molar-refractivity contribution in [3.8, 4) is 22.5 Å². The van der Waals surface area contributed by atoms with Gasteiger partial charge in [-0.15, -0.1) is 0 Å².